The molecule has 0 radical (unpaired) electrons. The topological polar surface area (TPSA) is 64.2 Å². The van der Waals surface area contributed by atoms with Gasteiger partial charge < -0.3 is 14.5 Å². The van der Waals surface area contributed by atoms with Crippen molar-refractivity contribution in [3.63, 3.8) is 0 Å². The number of aromatic nitrogens is 2. The highest BCUT2D eigenvalue weighted by Gasteiger charge is 2.15. The molecule has 98 valence electrons. The van der Waals surface area contributed by atoms with E-state index in [2.05, 4.69) is 9.97 Å². The van der Waals surface area contributed by atoms with Gasteiger partial charge in [-0.05, 0) is 18.2 Å². The molecule has 1 aromatic heterocycles. The molecule has 2 aromatic rings. The van der Waals surface area contributed by atoms with E-state index in [1.165, 1.54) is 11.8 Å². The Morgan fingerprint density at radius 2 is 2.16 bits per heavy atom. The van der Waals surface area contributed by atoms with Crippen molar-refractivity contribution in [2.75, 3.05) is 19.0 Å². The lowest BCUT2D eigenvalue weighted by Crippen LogP contribution is -2.16. The van der Waals surface area contributed by atoms with Crippen molar-refractivity contribution in [1.82, 2.24) is 9.97 Å². The molecule has 0 amide bonds. The van der Waals surface area contributed by atoms with Crippen LogP contribution in [-0.4, -0.2) is 34.7 Å². The zero-order valence-corrected chi connectivity index (χ0v) is 10.9. The minimum atomic E-state index is 0.0402. The first-order chi connectivity index (χ1) is 9.33. The summed E-state index contributed by atoms with van der Waals surface area (Å²) in [6.07, 6.45) is 3.40. The number of carbonyl (C=O) groups excluding carboxylic acids is 1. The van der Waals surface area contributed by atoms with Gasteiger partial charge in [0.2, 0.25) is 0 Å². The predicted octanol–water partition coefficient (Wildman–Crippen LogP) is 2.16. The zero-order chi connectivity index (χ0) is 13.1. The third kappa shape index (κ3) is 2.73. The van der Waals surface area contributed by atoms with E-state index < -0.39 is 0 Å². The smallest absolute Gasteiger partial charge is 0.173 e. The molecular formula is C13H12N2O3S. The summed E-state index contributed by atoms with van der Waals surface area (Å²) in [7, 11) is 0. The van der Waals surface area contributed by atoms with Gasteiger partial charge in [0.25, 0.3) is 0 Å². The number of fused-ring (bicyclic) bond motifs is 1. The normalized spacial score (nSPS) is 13.3. The molecule has 0 spiro atoms. The van der Waals surface area contributed by atoms with Crippen LogP contribution >= 0.6 is 11.8 Å². The third-order valence-corrected chi connectivity index (χ3v) is 3.58. The van der Waals surface area contributed by atoms with Crippen LogP contribution in [0.15, 0.2) is 35.7 Å². The Labute approximate surface area is 114 Å². The third-order valence-electron chi connectivity index (χ3n) is 2.68. The minimum absolute atomic E-state index is 0.0402. The number of nitrogens with zero attached hydrogens (tertiary/aromatic N) is 1. The van der Waals surface area contributed by atoms with Gasteiger partial charge in [0.15, 0.2) is 22.4 Å². The molecule has 0 saturated carbocycles. The van der Waals surface area contributed by atoms with Gasteiger partial charge in [-0.2, -0.15) is 0 Å². The van der Waals surface area contributed by atoms with Crippen LogP contribution in [-0.2, 0) is 0 Å². The van der Waals surface area contributed by atoms with Crippen molar-refractivity contribution in [3.8, 4) is 11.5 Å². The first kappa shape index (κ1) is 12.1. The van der Waals surface area contributed by atoms with Crippen LogP contribution in [0.3, 0.4) is 0 Å². The number of aromatic amines is 1. The summed E-state index contributed by atoms with van der Waals surface area (Å²) in [6.45, 7) is 1.07. The Kier molecular flexibility index (Phi) is 3.41. The summed E-state index contributed by atoms with van der Waals surface area (Å²) in [6, 6.07) is 5.28. The van der Waals surface area contributed by atoms with Crippen molar-refractivity contribution >= 4 is 17.5 Å². The fourth-order valence-electron chi connectivity index (χ4n) is 1.76. The lowest BCUT2D eigenvalue weighted by atomic mass is 10.1. The van der Waals surface area contributed by atoms with E-state index in [0.717, 1.165) is 5.16 Å². The molecule has 19 heavy (non-hydrogen) atoms. The summed E-state index contributed by atoms with van der Waals surface area (Å²) >= 11 is 1.38. The molecule has 0 fully saturated rings. The first-order valence-corrected chi connectivity index (χ1v) is 6.86. The second-order valence-electron chi connectivity index (χ2n) is 3.96. The van der Waals surface area contributed by atoms with E-state index in [1.54, 1.807) is 30.6 Å². The van der Waals surface area contributed by atoms with Gasteiger partial charge in [-0.1, -0.05) is 11.8 Å². The number of Topliss-reactive ketones (excluding diaryl/α,β-unsaturated/α-hetero) is 1. The van der Waals surface area contributed by atoms with Gasteiger partial charge >= 0.3 is 0 Å². The maximum atomic E-state index is 12.1. The summed E-state index contributed by atoms with van der Waals surface area (Å²) in [5.41, 5.74) is 0.628. The number of ether oxygens (including phenoxy) is 2. The monoisotopic (exact) mass is 276 g/mol. The Morgan fingerprint density at radius 1 is 1.32 bits per heavy atom. The Morgan fingerprint density at radius 3 is 2.95 bits per heavy atom. The largest absolute Gasteiger partial charge is 0.486 e. The van der Waals surface area contributed by atoms with Crippen molar-refractivity contribution < 1.29 is 14.3 Å². The number of benzene rings is 1. The lowest BCUT2D eigenvalue weighted by molar-refractivity contribution is 0.102. The number of carbonyl (C=O) groups is 1. The van der Waals surface area contributed by atoms with E-state index in [9.17, 15) is 4.79 Å². The summed E-state index contributed by atoms with van der Waals surface area (Å²) in [5.74, 6) is 1.72. The Hall–Kier alpha value is -1.95. The molecule has 2 heterocycles. The number of hydrogen-bond donors (Lipinski definition) is 1. The van der Waals surface area contributed by atoms with E-state index in [0.29, 0.717) is 36.0 Å². The Bertz CT molecular complexity index is 584. The summed E-state index contributed by atoms with van der Waals surface area (Å²) < 4.78 is 10.9. The van der Waals surface area contributed by atoms with E-state index in [-0.39, 0.29) is 5.78 Å². The molecular weight excluding hydrogens is 264 g/mol. The minimum Gasteiger partial charge on any atom is -0.486 e. The summed E-state index contributed by atoms with van der Waals surface area (Å²) in [4.78, 5) is 19.1. The fourth-order valence-corrected chi connectivity index (χ4v) is 2.49. The highest BCUT2D eigenvalue weighted by atomic mass is 32.2. The zero-order valence-electron chi connectivity index (χ0n) is 10.1. The molecule has 0 saturated heterocycles. The van der Waals surface area contributed by atoms with E-state index in [4.69, 9.17) is 9.47 Å². The predicted molar refractivity (Wildman–Crippen MR) is 71.1 cm³/mol. The second-order valence-corrected chi connectivity index (χ2v) is 4.93. The number of thioether (sulfide) groups is 1. The number of nitrogens with one attached hydrogen (secondary N) is 1. The van der Waals surface area contributed by atoms with E-state index in [1.807, 2.05) is 0 Å². The molecule has 3 rings (SSSR count). The van der Waals surface area contributed by atoms with Gasteiger partial charge in [-0.3, -0.25) is 4.79 Å². The van der Waals surface area contributed by atoms with Crippen LogP contribution in [0.25, 0.3) is 0 Å². The van der Waals surface area contributed by atoms with Crippen LogP contribution in [0.1, 0.15) is 10.4 Å². The highest BCUT2D eigenvalue weighted by molar-refractivity contribution is 7.99. The Balaban J connectivity index is 1.69. The molecule has 1 aromatic carbocycles. The van der Waals surface area contributed by atoms with Crippen LogP contribution < -0.4 is 9.47 Å². The first-order valence-electron chi connectivity index (χ1n) is 5.88. The summed E-state index contributed by atoms with van der Waals surface area (Å²) in [5, 5.41) is 0.742. The average Bonchev–Trinajstić information content (AvgIpc) is 2.97. The molecule has 6 heteroatoms. The molecule has 0 atom stereocenters. The maximum Gasteiger partial charge on any atom is 0.173 e. The molecule has 1 N–H and O–H groups in total. The fraction of sp³-hybridized carbons (Fsp3) is 0.231. The molecule has 5 nitrogen and oxygen atoms in total. The van der Waals surface area contributed by atoms with Gasteiger partial charge in [-0.15, -0.1) is 0 Å². The number of H-pyrrole nitrogens is 1. The van der Waals surface area contributed by atoms with Crippen molar-refractivity contribution in [1.29, 1.82) is 0 Å². The maximum absolute atomic E-state index is 12.1. The van der Waals surface area contributed by atoms with Crippen molar-refractivity contribution in [2.45, 2.75) is 5.16 Å². The number of hydrogen-bond acceptors (Lipinski definition) is 5. The van der Waals surface area contributed by atoms with Gasteiger partial charge in [0.05, 0.1) is 5.75 Å². The van der Waals surface area contributed by atoms with Gasteiger partial charge in [0, 0.05) is 18.0 Å². The number of ketones is 1. The average molecular weight is 276 g/mol. The second kappa shape index (κ2) is 5.36. The number of imidazole rings is 1. The highest BCUT2D eigenvalue weighted by Crippen LogP contribution is 2.31. The van der Waals surface area contributed by atoms with Gasteiger partial charge in [-0.25, -0.2) is 4.98 Å². The molecule has 0 unspecified atom stereocenters. The molecule has 0 bridgehead atoms. The van der Waals surface area contributed by atoms with E-state index >= 15 is 0 Å². The molecule has 1 aliphatic rings. The van der Waals surface area contributed by atoms with Crippen LogP contribution in [0, 0.1) is 0 Å². The standard InChI is InChI=1S/C13H12N2O3S/c16-10(8-19-13-14-3-4-15-13)9-1-2-11-12(7-9)18-6-5-17-11/h1-4,7H,5-6,8H2,(H,14,15). The molecule has 1 aliphatic heterocycles. The van der Waals surface area contributed by atoms with Crippen molar-refractivity contribution in [3.05, 3.63) is 36.2 Å². The lowest BCUT2D eigenvalue weighted by Gasteiger charge is -2.18. The SMILES string of the molecule is O=C(CSc1ncc[nH]1)c1ccc2c(c1)OCCO2. The van der Waals surface area contributed by atoms with Crippen LogP contribution in [0.5, 0.6) is 11.5 Å². The quantitative estimate of drug-likeness (QED) is 0.685. The van der Waals surface area contributed by atoms with Crippen LogP contribution in [0.4, 0.5) is 0 Å². The molecule has 0 aliphatic carbocycles. The van der Waals surface area contributed by atoms with Crippen molar-refractivity contribution in [2.24, 2.45) is 0 Å². The van der Waals surface area contributed by atoms with Crippen LogP contribution in [0.2, 0.25) is 0 Å². The van der Waals surface area contributed by atoms with Gasteiger partial charge in [0.1, 0.15) is 13.2 Å². The number of rotatable bonds is 4.